The van der Waals surface area contributed by atoms with E-state index in [9.17, 15) is 0 Å². The van der Waals surface area contributed by atoms with E-state index in [4.69, 9.17) is 4.52 Å². The van der Waals surface area contributed by atoms with Gasteiger partial charge in [-0.2, -0.15) is 4.68 Å². The maximum atomic E-state index is 5.16. The summed E-state index contributed by atoms with van der Waals surface area (Å²) in [7, 11) is 0. The van der Waals surface area contributed by atoms with E-state index < -0.39 is 0 Å². The second-order valence-electron chi connectivity index (χ2n) is 3.93. The summed E-state index contributed by atoms with van der Waals surface area (Å²) in [6.45, 7) is 1.89. The maximum Gasteiger partial charge on any atom is 0.214 e. The van der Waals surface area contributed by atoms with Crippen LogP contribution in [0.2, 0.25) is 0 Å². The number of rotatable bonds is 4. The van der Waals surface area contributed by atoms with Crippen LogP contribution in [0.4, 0.5) is 0 Å². The Balaban J connectivity index is 1.77. The van der Waals surface area contributed by atoms with Crippen LogP contribution in [-0.4, -0.2) is 25.4 Å². The average Bonchev–Trinajstić information content (AvgIpc) is 3.06. The van der Waals surface area contributed by atoms with Crippen LogP contribution in [-0.2, 0) is 5.75 Å². The van der Waals surface area contributed by atoms with E-state index >= 15 is 0 Å². The second-order valence-corrected chi connectivity index (χ2v) is 4.87. The van der Waals surface area contributed by atoms with E-state index in [0.29, 0.717) is 5.75 Å². The first-order valence-corrected chi connectivity index (χ1v) is 6.70. The minimum atomic E-state index is 0.647. The molecule has 3 aromatic rings. The molecule has 0 fully saturated rings. The van der Waals surface area contributed by atoms with Crippen molar-refractivity contribution in [3.05, 3.63) is 47.9 Å². The minimum Gasteiger partial charge on any atom is -0.360 e. The smallest absolute Gasteiger partial charge is 0.214 e. The summed E-state index contributed by atoms with van der Waals surface area (Å²) in [6.07, 6.45) is 0. The Hall–Kier alpha value is -2.15. The molecule has 0 aliphatic rings. The highest BCUT2D eigenvalue weighted by Crippen LogP contribution is 2.22. The van der Waals surface area contributed by atoms with Crippen molar-refractivity contribution in [3.63, 3.8) is 0 Å². The molecule has 6 nitrogen and oxygen atoms in total. The Kier molecular flexibility index (Phi) is 3.28. The molecule has 0 N–H and O–H groups in total. The van der Waals surface area contributed by atoms with Crippen molar-refractivity contribution >= 4 is 11.8 Å². The molecule has 7 heteroatoms. The Morgan fingerprint density at radius 3 is 2.84 bits per heavy atom. The number of thioether (sulfide) groups is 1. The average molecular weight is 273 g/mol. The van der Waals surface area contributed by atoms with Gasteiger partial charge in [0.25, 0.3) is 0 Å². The Morgan fingerprint density at radius 1 is 1.26 bits per heavy atom. The molecule has 0 aliphatic heterocycles. The summed E-state index contributed by atoms with van der Waals surface area (Å²) >= 11 is 1.51. The van der Waals surface area contributed by atoms with Gasteiger partial charge in [0.2, 0.25) is 5.16 Å². The van der Waals surface area contributed by atoms with Gasteiger partial charge in [-0.15, -0.1) is 5.10 Å². The van der Waals surface area contributed by atoms with Gasteiger partial charge in [-0.1, -0.05) is 35.1 Å². The van der Waals surface area contributed by atoms with Gasteiger partial charge in [-0.05, 0) is 29.5 Å². The summed E-state index contributed by atoms with van der Waals surface area (Å²) < 4.78 is 6.86. The molecule has 0 atom stereocenters. The predicted octanol–water partition coefficient (Wildman–Crippen LogP) is 2.25. The van der Waals surface area contributed by atoms with Crippen molar-refractivity contribution in [1.29, 1.82) is 0 Å². The fraction of sp³-hybridized carbons (Fsp3) is 0.167. The van der Waals surface area contributed by atoms with Crippen LogP contribution in [0.25, 0.3) is 5.69 Å². The van der Waals surface area contributed by atoms with Crippen LogP contribution >= 0.6 is 11.8 Å². The van der Waals surface area contributed by atoms with E-state index in [1.807, 2.05) is 43.3 Å². The molecule has 2 aromatic heterocycles. The number of aromatic nitrogens is 5. The van der Waals surface area contributed by atoms with Gasteiger partial charge in [-0.3, -0.25) is 0 Å². The summed E-state index contributed by atoms with van der Waals surface area (Å²) in [5.74, 6) is 1.46. The van der Waals surface area contributed by atoms with Crippen LogP contribution in [0, 0.1) is 6.92 Å². The number of hydrogen-bond donors (Lipinski definition) is 0. The zero-order valence-corrected chi connectivity index (χ0v) is 11.0. The van der Waals surface area contributed by atoms with E-state index in [1.54, 1.807) is 4.68 Å². The van der Waals surface area contributed by atoms with Crippen molar-refractivity contribution in [2.75, 3.05) is 0 Å². The molecule has 19 heavy (non-hydrogen) atoms. The van der Waals surface area contributed by atoms with Gasteiger partial charge in [-0.25, -0.2) is 0 Å². The first-order chi connectivity index (χ1) is 9.33. The van der Waals surface area contributed by atoms with Crippen molar-refractivity contribution in [1.82, 2.24) is 25.4 Å². The lowest BCUT2D eigenvalue weighted by atomic mass is 10.3. The molecule has 0 radical (unpaired) electrons. The van der Waals surface area contributed by atoms with E-state index in [0.717, 1.165) is 22.3 Å². The lowest BCUT2D eigenvalue weighted by molar-refractivity contribution is 0.391. The summed E-state index contributed by atoms with van der Waals surface area (Å²) in [5, 5.41) is 16.3. The van der Waals surface area contributed by atoms with Crippen molar-refractivity contribution in [2.45, 2.75) is 17.8 Å². The van der Waals surface area contributed by atoms with Gasteiger partial charge in [0.15, 0.2) is 0 Å². The molecule has 0 aliphatic carbocycles. The summed E-state index contributed by atoms with van der Waals surface area (Å²) in [5.41, 5.74) is 1.81. The third-order valence-corrected chi connectivity index (χ3v) is 3.40. The maximum absolute atomic E-state index is 5.16. The van der Waals surface area contributed by atoms with Crippen molar-refractivity contribution in [2.24, 2.45) is 0 Å². The van der Waals surface area contributed by atoms with Crippen molar-refractivity contribution in [3.8, 4) is 5.69 Å². The zero-order valence-electron chi connectivity index (χ0n) is 10.2. The summed E-state index contributed by atoms with van der Waals surface area (Å²) in [6, 6.07) is 11.7. The van der Waals surface area contributed by atoms with Gasteiger partial charge in [0.1, 0.15) is 5.76 Å². The lowest BCUT2D eigenvalue weighted by Gasteiger charge is -2.02. The first kappa shape index (κ1) is 11.9. The first-order valence-electron chi connectivity index (χ1n) is 5.72. The molecular weight excluding hydrogens is 262 g/mol. The number of tetrazole rings is 1. The molecule has 0 saturated heterocycles. The largest absolute Gasteiger partial charge is 0.360 e. The molecule has 0 bridgehead atoms. The lowest BCUT2D eigenvalue weighted by Crippen LogP contribution is -1.98. The van der Waals surface area contributed by atoms with Gasteiger partial charge in [0.05, 0.1) is 17.1 Å². The highest BCUT2D eigenvalue weighted by atomic mass is 32.2. The molecule has 0 unspecified atom stereocenters. The van der Waals surface area contributed by atoms with Gasteiger partial charge < -0.3 is 4.52 Å². The van der Waals surface area contributed by atoms with E-state index in [1.165, 1.54) is 11.8 Å². The monoisotopic (exact) mass is 273 g/mol. The highest BCUT2D eigenvalue weighted by molar-refractivity contribution is 7.98. The highest BCUT2D eigenvalue weighted by Gasteiger charge is 2.10. The predicted molar refractivity (Wildman–Crippen MR) is 70.0 cm³/mol. The normalized spacial score (nSPS) is 10.8. The molecule has 96 valence electrons. The van der Waals surface area contributed by atoms with Crippen LogP contribution in [0.15, 0.2) is 46.1 Å². The third kappa shape index (κ3) is 2.65. The molecule has 1 aromatic carbocycles. The van der Waals surface area contributed by atoms with Gasteiger partial charge >= 0.3 is 0 Å². The van der Waals surface area contributed by atoms with Crippen LogP contribution in [0.1, 0.15) is 11.5 Å². The number of para-hydroxylation sites is 1. The molecule has 0 saturated carbocycles. The molecular formula is C12H11N5OS. The fourth-order valence-electron chi connectivity index (χ4n) is 1.62. The van der Waals surface area contributed by atoms with Crippen LogP contribution in [0.3, 0.4) is 0 Å². The third-order valence-electron chi connectivity index (χ3n) is 2.46. The second kappa shape index (κ2) is 5.23. The molecule has 0 amide bonds. The summed E-state index contributed by atoms with van der Waals surface area (Å²) in [4.78, 5) is 0. The molecule has 2 heterocycles. The fourth-order valence-corrected chi connectivity index (χ4v) is 2.39. The number of benzene rings is 1. The standard InChI is InChI=1S/C12H11N5OS/c1-9-7-11(18-14-9)8-19-12-13-15-16-17(12)10-5-3-2-4-6-10/h2-7H,8H2,1H3. The Labute approximate surface area is 113 Å². The van der Waals surface area contributed by atoms with Crippen LogP contribution in [0.5, 0.6) is 0 Å². The van der Waals surface area contributed by atoms with Crippen molar-refractivity contribution < 1.29 is 4.52 Å². The minimum absolute atomic E-state index is 0.647. The number of aryl methyl sites for hydroxylation is 1. The number of nitrogens with zero attached hydrogens (tertiary/aromatic N) is 5. The van der Waals surface area contributed by atoms with E-state index in [-0.39, 0.29) is 0 Å². The molecule has 0 spiro atoms. The number of hydrogen-bond acceptors (Lipinski definition) is 6. The van der Waals surface area contributed by atoms with Gasteiger partial charge in [0, 0.05) is 6.07 Å². The van der Waals surface area contributed by atoms with E-state index in [2.05, 4.69) is 20.7 Å². The Bertz CT molecular complexity index is 664. The SMILES string of the molecule is Cc1cc(CSc2nnnn2-c2ccccc2)on1. The topological polar surface area (TPSA) is 69.6 Å². The molecule has 3 rings (SSSR count). The quantitative estimate of drug-likeness (QED) is 0.679. The van der Waals surface area contributed by atoms with Crippen LogP contribution < -0.4 is 0 Å². The Morgan fingerprint density at radius 2 is 2.11 bits per heavy atom. The zero-order chi connectivity index (χ0) is 13.1.